The Balaban J connectivity index is 1.53. The largest absolute Gasteiger partial charge is 0.444 e. The molecule has 1 aliphatic heterocycles. The third kappa shape index (κ3) is 4.34. The molecule has 0 spiro atoms. The second kappa shape index (κ2) is 8.68. The lowest BCUT2D eigenvalue weighted by Gasteiger charge is -2.30. The van der Waals surface area contributed by atoms with Crippen molar-refractivity contribution in [2.45, 2.75) is 25.4 Å². The van der Waals surface area contributed by atoms with Gasteiger partial charge in [0, 0.05) is 18.7 Å². The molecule has 1 aromatic heterocycles. The summed E-state index contributed by atoms with van der Waals surface area (Å²) in [6, 6.07) is 16.0. The molecule has 1 amide bonds. The van der Waals surface area contributed by atoms with Crippen molar-refractivity contribution in [3.05, 3.63) is 78.4 Å². The first-order valence-electron chi connectivity index (χ1n) is 9.72. The standard InChI is InChI=1S/C22H22N4O3/c27-21(25-13-5-2-6-14-25)20(17-7-3-1-4-8-17)29-22(28)18-9-11-19(12-10-18)26-16-23-15-24-26/h1,3-4,7-12,15-16,20H,2,5-6,13-14H2/t20-/m0/s1. The van der Waals surface area contributed by atoms with Gasteiger partial charge in [-0.2, -0.15) is 5.10 Å². The smallest absolute Gasteiger partial charge is 0.339 e. The van der Waals surface area contributed by atoms with E-state index in [1.165, 1.54) is 6.33 Å². The molecule has 0 aliphatic carbocycles. The van der Waals surface area contributed by atoms with Gasteiger partial charge in [-0.05, 0) is 43.5 Å². The van der Waals surface area contributed by atoms with Crippen molar-refractivity contribution in [3.8, 4) is 5.69 Å². The Morgan fingerprint density at radius 3 is 2.31 bits per heavy atom. The number of amides is 1. The maximum atomic E-state index is 13.1. The van der Waals surface area contributed by atoms with Crippen molar-refractivity contribution in [3.63, 3.8) is 0 Å². The highest BCUT2D eigenvalue weighted by Crippen LogP contribution is 2.24. The van der Waals surface area contributed by atoms with Gasteiger partial charge in [-0.25, -0.2) is 14.5 Å². The van der Waals surface area contributed by atoms with E-state index in [9.17, 15) is 9.59 Å². The van der Waals surface area contributed by atoms with Crippen molar-refractivity contribution in [1.82, 2.24) is 19.7 Å². The number of esters is 1. The molecule has 0 bridgehead atoms. The zero-order valence-electron chi connectivity index (χ0n) is 16.0. The van der Waals surface area contributed by atoms with Crippen LogP contribution in [0.15, 0.2) is 67.3 Å². The van der Waals surface area contributed by atoms with Gasteiger partial charge in [-0.15, -0.1) is 0 Å². The summed E-state index contributed by atoms with van der Waals surface area (Å²) in [6.07, 6.45) is 5.15. The van der Waals surface area contributed by atoms with E-state index >= 15 is 0 Å². The van der Waals surface area contributed by atoms with Gasteiger partial charge in [0.25, 0.3) is 5.91 Å². The van der Waals surface area contributed by atoms with Gasteiger partial charge >= 0.3 is 5.97 Å². The maximum absolute atomic E-state index is 13.1. The Labute approximate surface area is 168 Å². The number of hydrogen-bond acceptors (Lipinski definition) is 5. The molecule has 4 rings (SSSR count). The van der Waals surface area contributed by atoms with E-state index in [1.54, 1.807) is 40.2 Å². The first-order chi connectivity index (χ1) is 14.2. The van der Waals surface area contributed by atoms with Crippen LogP contribution >= 0.6 is 0 Å². The summed E-state index contributed by atoms with van der Waals surface area (Å²) in [5, 5.41) is 4.06. The Morgan fingerprint density at radius 2 is 1.66 bits per heavy atom. The summed E-state index contributed by atoms with van der Waals surface area (Å²) >= 11 is 0. The van der Waals surface area contributed by atoms with Gasteiger partial charge in [0.1, 0.15) is 12.7 Å². The molecule has 0 unspecified atom stereocenters. The first kappa shape index (κ1) is 18.9. The van der Waals surface area contributed by atoms with E-state index in [-0.39, 0.29) is 5.91 Å². The van der Waals surface area contributed by atoms with Crippen LogP contribution in [0.5, 0.6) is 0 Å². The van der Waals surface area contributed by atoms with E-state index in [1.807, 2.05) is 30.3 Å². The first-order valence-corrected chi connectivity index (χ1v) is 9.72. The van der Waals surface area contributed by atoms with Crippen LogP contribution in [0.4, 0.5) is 0 Å². The summed E-state index contributed by atoms with van der Waals surface area (Å²) in [5.41, 5.74) is 1.83. The lowest BCUT2D eigenvalue weighted by Crippen LogP contribution is -2.40. The normalized spacial score (nSPS) is 15.0. The number of rotatable bonds is 5. The van der Waals surface area contributed by atoms with Crippen LogP contribution in [-0.4, -0.2) is 44.6 Å². The van der Waals surface area contributed by atoms with Crippen LogP contribution < -0.4 is 0 Å². The van der Waals surface area contributed by atoms with Crippen molar-refractivity contribution in [1.29, 1.82) is 0 Å². The van der Waals surface area contributed by atoms with E-state index in [4.69, 9.17) is 4.74 Å². The highest BCUT2D eigenvalue weighted by atomic mass is 16.5. The number of carbonyl (C=O) groups excluding carboxylic acids is 2. The fourth-order valence-corrected chi connectivity index (χ4v) is 3.44. The predicted octanol–water partition coefficient (Wildman–Crippen LogP) is 3.18. The van der Waals surface area contributed by atoms with Crippen molar-refractivity contribution >= 4 is 11.9 Å². The molecule has 1 aliphatic rings. The van der Waals surface area contributed by atoms with Gasteiger partial charge in [-0.1, -0.05) is 30.3 Å². The Bertz CT molecular complexity index is 949. The van der Waals surface area contributed by atoms with Crippen LogP contribution in [0.1, 0.15) is 41.3 Å². The number of ether oxygens (including phenoxy) is 1. The number of hydrogen-bond donors (Lipinski definition) is 0. The van der Waals surface area contributed by atoms with Gasteiger partial charge in [-0.3, -0.25) is 4.79 Å². The average Bonchev–Trinajstić information content (AvgIpc) is 3.33. The Hall–Kier alpha value is -3.48. The number of likely N-dealkylation sites (tertiary alicyclic amines) is 1. The van der Waals surface area contributed by atoms with E-state index in [0.717, 1.165) is 24.9 Å². The van der Waals surface area contributed by atoms with Gasteiger partial charge in [0.2, 0.25) is 6.10 Å². The zero-order valence-corrected chi connectivity index (χ0v) is 16.0. The quantitative estimate of drug-likeness (QED) is 0.626. The number of benzene rings is 2. The fraction of sp³-hybridized carbons (Fsp3) is 0.273. The summed E-state index contributed by atoms with van der Waals surface area (Å²) in [6.45, 7) is 1.40. The molecule has 7 heteroatoms. The Kier molecular flexibility index (Phi) is 5.65. The van der Waals surface area contributed by atoms with Crippen LogP contribution in [0.3, 0.4) is 0 Å². The van der Waals surface area contributed by atoms with E-state index in [0.29, 0.717) is 24.2 Å². The van der Waals surface area contributed by atoms with Gasteiger partial charge < -0.3 is 9.64 Å². The molecule has 0 radical (unpaired) electrons. The predicted molar refractivity (Wildman–Crippen MR) is 106 cm³/mol. The summed E-state index contributed by atoms with van der Waals surface area (Å²) in [5.74, 6) is -0.696. The molecule has 7 nitrogen and oxygen atoms in total. The highest BCUT2D eigenvalue weighted by molar-refractivity contribution is 5.93. The molecule has 0 saturated carbocycles. The third-order valence-electron chi connectivity index (χ3n) is 5.01. The molecule has 148 valence electrons. The molecule has 3 aromatic rings. The lowest BCUT2D eigenvalue weighted by molar-refractivity contribution is -0.142. The lowest BCUT2D eigenvalue weighted by atomic mass is 10.1. The second-order valence-corrected chi connectivity index (χ2v) is 6.97. The van der Waals surface area contributed by atoms with Crippen LogP contribution in [0.25, 0.3) is 5.69 Å². The summed E-state index contributed by atoms with van der Waals surface area (Å²) < 4.78 is 7.30. The minimum atomic E-state index is -0.947. The Morgan fingerprint density at radius 1 is 0.931 bits per heavy atom. The van der Waals surface area contributed by atoms with Gasteiger partial charge in [0.15, 0.2) is 0 Å². The molecule has 2 heterocycles. The minimum absolute atomic E-state index is 0.163. The SMILES string of the molecule is O=C(O[C@H](C(=O)N1CCCCC1)c1ccccc1)c1ccc(-n2cncn2)cc1. The second-order valence-electron chi connectivity index (χ2n) is 6.97. The summed E-state index contributed by atoms with van der Waals surface area (Å²) in [7, 11) is 0. The number of carbonyl (C=O) groups is 2. The van der Waals surface area contributed by atoms with Crippen LogP contribution in [-0.2, 0) is 9.53 Å². The zero-order chi connectivity index (χ0) is 20.1. The summed E-state index contributed by atoms with van der Waals surface area (Å²) in [4.78, 5) is 31.6. The highest BCUT2D eigenvalue weighted by Gasteiger charge is 2.30. The number of piperidine rings is 1. The molecule has 2 aromatic carbocycles. The average molecular weight is 390 g/mol. The van der Waals surface area contributed by atoms with Crippen LogP contribution in [0.2, 0.25) is 0 Å². The van der Waals surface area contributed by atoms with Crippen molar-refractivity contribution in [2.24, 2.45) is 0 Å². The topological polar surface area (TPSA) is 77.3 Å². The molecule has 29 heavy (non-hydrogen) atoms. The van der Waals surface area contributed by atoms with Crippen LogP contribution in [0, 0.1) is 0 Å². The fourth-order valence-electron chi connectivity index (χ4n) is 3.44. The maximum Gasteiger partial charge on any atom is 0.339 e. The molecular weight excluding hydrogens is 368 g/mol. The molecule has 0 N–H and O–H groups in total. The number of nitrogens with zero attached hydrogens (tertiary/aromatic N) is 4. The molecular formula is C22H22N4O3. The minimum Gasteiger partial charge on any atom is -0.444 e. The van der Waals surface area contributed by atoms with E-state index < -0.39 is 12.1 Å². The van der Waals surface area contributed by atoms with Crippen molar-refractivity contribution < 1.29 is 14.3 Å². The third-order valence-corrected chi connectivity index (χ3v) is 5.01. The van der Waals surface area contributed by atoms with E-state index in [2.05, 4.69) is 10.1 Å². The monoisotopic (exact) mass is 390 g/mol. The number of aromatic nitrogens is 3. The molecule has 1 atom stereocenters. The van der Waals surface area contributed by atoms with Gasteiger partial charge in [0.05, 0.1) is 11.3 Å². The molecule has 1 fully saturated rings. The van der Waals surface area contributed by atoms with Crippen molar-refractivity contribution in [2.75, 3.05) is 13.1 Å². The molecule has 1 saturated heterocycles.